The highest BCUT2D eigenvalue weighted by molar-refractivity contribution is 5.90. The van der Waals surface area contributed by atoms with Gasteiger partial charge in [-0.2, -0.15) is 4.39 Å². The Morgan fingerprint density at radius 2 is 1.84 bits per heavy atom. The highest BCUT2D eigenvalue weighted by Crippen LogP contribution is 2.41. The molecule has 0 aromatic carbocycles. The van der Waals surface area contributed by atoms with Gasteiger partial charge in [0.15, 0.2) is 5.82 Å². The van der Waals surface area contributed by atoms with Crippen LogP contribution in [0.3, 0.4) is 0 Å². The summed E-state index contributed by atoms with van der Waals surface area (Å²) in [4.78, 5) is 30.3. The molecule has 1 saturated heterocycles. The fourth-order valence-electron chi connectivity index (χ4n) is 4.38. The molecule has 2 fully saturated rings. The predicted molar refractivity (Wildman–Crippen MR) is 116 cm³/mol. The van der Waals surface area contributed by atoms with E-state index in [0.29, 0.717) is 18.3 Å². The van der Waals surface area contributed by atoms with Gasteiger partial charge < -0.3 is 10.1 Å². The van der Waals surface area contributed by atoms with Crippen molar-refractivity contribution in [3.63, 3.8) is 0 Å². The van der Waals surface area contributed by atoms with E-state index in [1.807, 2.05) is 12.1 Å². The third-order valence-corrected chi connectivity index (χ3v) is 6.18. The molecule has 3 aromatic heterocycles. The van der Waals surface area contributed by atoms with Gasteiger partial charge in [0.1, 0.15) is 17.1 Å². The van der Waals surface area contributed by atoms with E-state index in [1.165, 1.54) is 11.1 Å². The van der Waals surface area contributed by atoms with E-state index < -0.39 is 17.6 Å². The molecule has 1 saturated carbocycles. The molecule has 0 bridgehead atoms. The summed E-state index contributed by atoms with van der Waals surface area (Å²) in [5.41, 5.74) is 0.493. The monoisotopic (exact) mass is 434 g/mol. The number of nitrogens with zero attached hydrogens (tertiary/aromatic N) is 5. The number of hydrogen-bond acceptors (Lipinski definition) is 7. The number of amides is 1. The highest BCUT2D eigenvalue weighted by atomic mass is 19.1. The summed E-state index contributed by atoms with van der Waals surface area (Å²) in [5, 5.41) is 3.39. The van der Waals surface area contributed by atoms with E-state index in [9.17, 15) is 9.18 Å². The first-order valence-electron chi connectivity index (χ1n) is 10.7. The van der Waals surface area contributed by atoms with Crippen molar-refractivity contribution < 1.29 is 13.9 Å². The van der Waals surface area contributed by atoms with Crippen molar-refractivity contribution in [3.8, 4) is 11.4 Å². The Labute approximate surface area is 184 Å². The third kappa shape index (κ3) is 4.10. The van der Waals surface area contributed by atoms with Crippen LogP contribution < -0.4 is 10.2 Å². The van der Waals surface area contributed by atoms with E-state index in [2.05, 4.69) is 25.3 Å². The van der Waals surface area contributed by atoms with Crippen molar-refractivity contribution in [1.82, 2.24) is 19.9 Å². The summed E-state index contributed by atoms with van der Waals surface area (Å²) in [5.74, 6) is 1.24. The average Bonchev–Trinajstić information content (AvgIpc) is 3.15. The Kier molecular flexibility index (Phi) is 5.38. The SMILES string of the molecule is O=C1O[C@]2(CC[C@H](CNc3ccc(-c4ncccn4)cn3)CC2)CN1c1cccnc1F. The van der Waals surface area contributed by atoms with Gasteiger partial charge in [-0.25, -0.2) is 24.7 Å². The number of carbonyl (C=O) groups excluding carboxylic acids is 1. The minimum Gasteiger partial charge on any atom is -0.441 e. The van der Waals surface area contributed by atoms with Crippen molar-refractivity contribution in [1.29, 1.82) is 0 Å². The molecule has 1 aliphatic carbocycles. The second kappa shape index (κ2) is 8.49. The first kappa shape index (κ1) is 20.3. The number of rotatable bonds is 5. The van der Waals surface area contributed by atoms with Gasteiger partial charge in [-0.1, -0.05) is 0 Å². The lowest BCUT2D eigenvalue weighted by molar-refractivity contribution is 0.0148. The second-order valence-electron chi connectivity index (χ2n) is 8.28. The lowest BCUT2D eigenvalue weighted by Crippen LogP contribution is -2.39. The highest BCUT2D eigenvalue weighted by Gasteiger charge is 2.48. The molecule has 1 amide bonds. The Hall–Kier alpha value is -3.62. The number of aromatic nitrogens is 4. The van der Waals surface area contributed by atoms with Crippen LogP contribution in [0.1, 0.15) is 25.7 Å². The van der Waals surface area contributed by atoms with Gasteiger partial charge in [-0.3, -0.25) is 4.90 Å². The minimum absolute atomic E-state index is 0.175. The van der Waals surface area contributed by atoms with Crippen LogP contribution in [0.2, 0.25) is 0 Å². The molecule has 9 heteroatoms. The summed E-state index contributed by atoms with van der Waals surface area (Å²) in [6.07, 6.45) is 9.38. The van der Waals surface area contributed by atoms with E-state index >= 15 is 0 Å². The van der Waals surface area contributed by atoms with Crippen molar-refractivity contribution in [2.75, 3.05) is 23.3 Å². The van der Waals surface area contributed by atoms with Crippen LogP contribution in [0, 0.1) is 11.9 Å². The number of nitrogens with one attached hydrogen (secondary N) is 1. The quantitative estimate of drug-likeness (QED) is 0.605. The molecule has 1 N–H and O–H groups in total. The van der Waals surface area contributed by atoms with E-state index in [4.69, 9.17) is 4.74 Å². The van der Waals surface area contributed by atoms with Crippen molar-refractivity contribution in [2.24, 2.45) is 5.92 Å². The number of ether oxygens (including phenoxy) is 1. The topological polar surface area (TPSA) is 93.1 Å². The molecular formula is C23H23FN6O2. The fourth-order valence-corrected chi connectivity index (χ4v) is 4.38. The standard InChI is InChI=1S/C23H23FN6O2/c24-20-18(3-1-10-25-20)30-15-23(32-22(30)31)8-6-16(7-9-23)13-28-19-5-4-17(14-29-19)21-26-11-2-12-27-21/h1-5,10-12,14,16H,6-9,13,15H2,(H,28,29)/t16-,23-. The van der Waals surface area contributed by atoms with Crippen LogP contribution in [0.5, 0.6) is 0 Å². The number of halogens is 1. The summed E-state index contributed by atoms with van der Waals surface area (Å²) >= 11 is 0. The zero-order chi connectivity index (χ0) is 22.0. The molecule has 5 rings (SSSR count). The summed E-state index contributed by atoms with van der Waals surface area (Å²) in [6, 6.07) is 8.83. The lowest BCUT2D eigenvalue weighted by atomic mass is 9.78. The minimum atomic E-state index is -0.656. The van der Waals surface area contributed by atoms with E-state index in [-0.39, 0.29) is 5.69 Å². The summed E-state index contributed by atoms with van der Waals surface area (Å²) in [7, 11) is 0. The van der Waals surface area contributed by atoms with Crippen LogP contribution in [-0.4, -0.2) is 44.7 Å². The molecule has 32 heavy (non-hydrogen) atoms. The lowest BCUT2D eigenvalue weighted by Gasteiger charge is -2.35. The maximum Gasteiger partial charge on any atom is 0.415 e. The van der Waals surface area contributed by atoms with Crippen LogP contribution in [-0.2, 0) is 4.74 Å². The fraction of sp³-hybridized carbons (Fsp3) is 0.348. The van der Waals surface area contributed by atoms with Gasteiger partial charge in [-0.05, 0) is 61.9 Å². The number of pyridine rings is 2. The van der Waals surface area contributed by atoms with Gasteiger partial charge in [-0.15, -0.1) is 0 Å². The predicted octanol–water partition coefficient (Wildman–Crippen LogP) is 4.07. The first-order chi connectivity index (χ1) is 15.6. The van der Waals surface area contributed by atoms with Gasteiger partial charge in [0.25, 0.3) is 0 Å². The number of anilines is 2. The van der Waals surface area contributed by atoms with E-state index in [1.54, 1.807) is 36.8 Å². The Morgan fingerprint density at radius 3 is 2.56 bits per heavy atom. The molecule has 4 heterocycles. The smallest absolute Gasteiger partial charge is 0.415 e. The third-order valence-electron chi connectivity index (χ3n) is 6.18. The average molecular weight is 434 g/mol. The maximum atomic E-state index is 14.0. The number of carbonyl (C=O) groups is 1. The molecule has 3 aromatic rings. The van der Waals surface area contributed by atoms with Crippen molar-refractivity contribution in [2.45, 2.75) is 31.3 Å². The zero-order valence-electron chi connectivity index (χ0n) is 17.4. The molecule has 0 unspecified atom stereocenters. The van der Waals surface area contributed by atoms with Gasteiger partial charge >= 0.3 is 6.09 Å². The first-order valence-corrected chi connectivity index (χ1v) is 10.7. The molecular weight excluding hydrogens is 411 g/mol. The second-order valence-corrected chi connectivity index (χ2v) is 8.28. The van der Waals surface area contributed by atoms with Gasteiger partial charge in [0.05, 0.1) is 6.54 Å². The largest absolute Gasteiger partial charge is 0.441 e. The van der Waals surface area contributed by atoms with Crippen LogP contribution in [0.15, 0.2) is 55.1 Å². The molecule has 0 atom stereocenters. The molecule has 1 spiro atoms. The van der Waals surface area contributed by atoms with Crippen molar-refractivity contribution >= 4 is 17.6 Å². The zero-order valence-corrected chi connectivity index (χ0v) is 17.4. The summed E-state index contributed by atoms with van der Waals surface area (Å²) in [6.45, 7) is 1.15. The molecule has 8 nitrogen and oxygen atoms in total. The molecule has 164 valence electrons. The van der Waals surface area contributed by atoms with Gasteiger partial charge in [0.2, 0.25) is 5.95 Å². The van der Waals surface area contributed by atoms with Crippen LogP contribution in [0.25, 0.3) is 11.4 Å². The van der Waals surface area contributed by atoms with Crippen LogP contribution in [0.4, 0.5) is 20.7 Å². The Bertz CT molecular complexity index is 1090. The maximum absolute atomic E-state index is 14.0. The molecule has 1 aliphatic heterocycles. The summed E-state index contributed by atoms with van der Waals surface area (Å²) < 4.78 is 19.8. The van der Waals surface area contributed by atoms with E-state index in [0.717, 1.165) is 43.6 Å². The normalized spacial score (nSPS) is 22.7. The van der Waals surface area contributed by atoms with Crippen molar-refractivity contribution in [3.05, 3.63) is 61.1 Å². The molecule has 2 aliphatic rings. The van der Waals surface area contributed by atoms with Crippen LogP contribution >= 0.6 is 0 Å². The Balaban J connectivity index is 1.15. The Morgan fingerprint density at radius 1 is 1.06 bits per heavy atom. The molecule has 0 radical (unpaired) electrons. The number of hydrogen-bond donors (Lipinski definition) is 1. The van der Waals surface area contributed by atoms with Gasteiger partial charge in [0, 0.05) is 36.9 Å².